The van der Waals surface area contributed by atoms with E-state index in [1.165, 1.54) is 23.2 Å². The van der Waals surface area contributed by atoms with E-state index in [1.54, 1.807) is 21.0 Å². The number of amides is 3. The van der Waals surface area contributed by atoms with Crippen LogP contribution in [0.5, 0.6) is 0 Å². The zero-order chi connectivity index (χ0) is 22.7. The molecule has 10 nitrogen and oxygen atoms in total. The number of pyridine rings is 1. The summed E-state index contributed by atoms with van der Waals surface area (Å²) in [6, 6.07) is 2.60. The normalized spacial score (nSPS) is 15.6. The van der Waals surface area contributed by atoms with Crippen LogP contribution < -0.4 is 10.2 Å². The summed E-state index contributed by atoms with van der Waals surface area (Å²) in [6.45, 7) is 1.90. The number of hydrogen-bond donors (Lipinski definition) is 2. The Kier molecular flexibility index (Phi) is 6.64. The second-order valence-corrected chi connectivity index (χ2v) is 8.22. The molecule has 1 aliphatic rings. The Morgan fingerprint density at radius 2 is 2.03 bits per heavy atom. The molecule has 0 bridgehead atoms. The standard InChI is InChI=1S/C20H23N5O5S/c1-4-25(20(29)30)14-9-8-11(10-21-14)15(26)12-6-5-7-13-17(16(12)27)31-18(22-13)23-19(28)24(2)3/h8-10,12H,4-7H2,1-3H3,(H,29,30)(H,22,23,28). The van der Waals surface area contributed by atoms with Gasteiger partial charge in [-0.1, -0.05) is 11.3 Å². The van der Waals surface area contributed by atoms with E-state index in [4.69, 9.17) is 0 Å². The fourth-order valence-electron chi connectivity index (χ4n) is 3.27. The topological polar surface area (TPSA) is 133 Å². The van der Waals surface area contributed by atoms with Crippen molar-refractivity contribution >= 4 is 46.0 Å². The highest BCUT2D eigenvalue weighted by Gasteiger charge is 2.34. The van der Waals surface area contributed by atoms with Gasteiger partial charge in [-0.05, 0) is 38.3 Å². The summed E-state index contributed by atoms with van der Waals surface area (Å²) in [6.07, 6.45) is 1.70. The van der Waals surface area contributed by atoms with Gasteiger partial charge >= 0.3 is 12.1 Å². The first-order chi connectivity index (χ1) is 14.7. The SMILES string of the molecule is CCN(C(=O)O)c1ccc(C(=O)C2CCCc3nc(NC(=O)N(C)C)sc3C2=O)cn1. The molecule has 0 aliphatic heterocycles. The number of anilines is 2. The number of hydrogen-bond acceptors (Lipinski definition) is 7. The van der Waals surface area contributed by atoms with Crippen LogP contribution in [0.3, 0.4) is 0 Å². The van der Waals surface area contributed by atoms with Crippen molar-refractivity contribution in [1.29, 1.82) is 0 Å². The minimum Gasteiger partial charge on any atom is -0.465 e. The Morgan fingerprint density at radius 1 is 1.29 bits per heavy atom. The molecule has 2 N–H and O–H groups in total. The second-order valence-electron chi connectivity index (χ2n) is 7.22. The Hall–Kier alpha value is -3.34. The molecule has 1 atom stereocenters. The molecule has 2 aromatic rings. The van der Waals surface area contributed by atoms with Crippen LogP contribution >= 0.6 is 11.3 Å². The van der Waals surface area contributed by atoms with Crippen molar-refractivity contribution < 1.29 is 24.3 Å². The van der Waals surface area contributed by atoms with E-state index >= 15 is 0 Å². The summed E-state index contributed by atoms with van der Waals surface area (Å²) in [5, 5.41) is 12.2. The van der Waals surface area contributed by atoms with E-state index in [1.807, 2.05) is 0 Å². The molecule has 0 saturated heterocycles. The highest BCUT2D eigenvalue weighted by Crippen LogP contribution is 2.33. The van der Waals surface area contributed by atoms with Gasteiger partial charge < -0.3 is 10.0 Å². The molecule has 0 spiro atoms. The lowest BCUT2D eigenvalue weighted by atomic mass is 9.91. The molecule has 164 valence electrons. The molecule has 3 rings (SSSR count). The number of aryl methyl sites for hydroxylation is 1. The Morgan fingerprint density at radius 3 is 2.61 bits per heavy atom. The molecule has 31 heavy (non-hydrogen) atoms. The van der Waals surface area contributed by atoms with Crippen LogP contribution in [0.1, 0.15) is 45.5 Å². The molecular formula is C20H23N5O5S. The fraction of sp³-hybridized carbons (Fsp3) is 0.400. The third-order valence-corrected chi connectivity index (χ3v) is 5.96. The quantitative estimate of drug-likeness (QED) is 0.410. The van der Waals surface area contributed by atoms with E-state index in [9.17, 15) is 24.3 Å². The number of carbonyl (C=O) groups is 4. The smallest absolute Gasteiger partial charge is 0.412 e. The Labute approximate surface area is 182 Å². The monoisotopic (exact) mass is 445 g/mol. The number of thiazole rings is 1. The van der Waals surface area contributed by atoms with Crippen molar-refractivity contribution in [3.8, 4) is 0 Å². The van der Waals surface area contributed by atoms with Crippen molar-refractivity contribution in [2.45, 2.75) is 26.2 Å². The molecule has 0 radical (unpaired) electrons. The maximum absolute atomic E-state index is 13.1. The van der Waals surface area contributed by atoms with Gasteiger partial charge in [0.1, 0.15) is 5.82 Å². The molecule has 0 aromatic carbocycles. The first-order valence-electron chi connectivity index (χ1n) is 9.75. The van der Waals surface area contributed by atoms with E-state index in [0.717, 1.165) is 16.2 Å². The fourth-order valence-corrected chi connectivity index (χ4v) is 4.27. The summed E-state index contributed by atoms with van der Waals surface area (Å²) in [7, 11) is 3.20. The average molecular weight is 446 g/mol. The summed E-state index contributed by atoms with van der Waals surface area (Å²) in [4.78, 5) is 60.5. The minimum atomic E-state index is -1.14. The summed E-state index contributed by atoms with van der Waals surface area (Å²) < 4.78 is 0. The third-order valence-electron chi connectivity index (χ3n) is 4.94. The van der Waals surface area contributed by atoms with Crippen molar-refractivity contribution in [2.75, 3.05) is 30.9 Å². The van der Waals surface area contributed by atoms with Gasteiger partial charge in [0.2, 0.25) is 0 Å². The molecule has 0 fully saturated rings. The lowest BCUT2D eigenvalue weighted by Gasteiger charge is -2.16. The lowest BCUT2D eigenvalue weighted by Crippen LogP contribution is -2.29. The Balaban J connectivity index is 1.81. The number of urea groups is 1. The van der Waals surface area contributed by atoms with Gasteiger partial charge in [-0.3, -0.25) is 19.8 Å². The van der Waals surface area contributed by atoms with Crippen LogP contribution in [0.25, 0.3) is 0 Å². The van der Waals surface area contributed by atoms with E-state index in [0.29, 0.717) is 35.0 Å². The van der Waals surface area contributed by atoms with Crippen molar-refractivity contribution in [1.82, 2.24) is 14.9 Å². The highest BCUT2D eigenvalue weighted by molar-refractivity contribution is 7.17. The number of fused-ring (bicyclic) bond motifs is 1. The van der Waals surface area contributed by atoms with Crippen molar-refractivity contribution in [3.63, 3.8) is 0 Å². The second kappa shape index (κ2) is 9.21. The maximum atomic E-state index is 13.1. The summed E-state index contributed by atoms with van der Waals surface area (Å²) in [5.74, 6) is -1.33. The number of carboxylic acid groups (broad SMARTS) is 1. The van der Waals surface area contributed by atoms with Gasteiger partial charge in [0.05, 0.1) is 16.5 Å². The van der Waals surface area contributed by atoms with Gasteiger partial charge in [0.25, 0.3) is 0 Å². The van der Waals surface area contributed by atoms with Crippen molar-refractivity contribution in [2.24, 2.45) is 5.92 Å². The van der Waals surface area contributed by atoms with Crippen molar-refractivity contribution in [3.05, 3.63) is 34.5 Å². The summed E-state index contributed by atoms with van der Waals surface area (Å²) in [5.41, 5.74) is 0.838. The lowest BCUT2D eigenvalue weighted by molar-refractivity contribution is 0.0803. The number of nitrogens with zero attached hydrogens (tertiary/aromatic N) is 4. The van der Waals surface area contributed by atoms with Crippen LogP contribution in [0, 0.1) is 5.92 Å². The van der Waals surface area contributed by atoms with Crippen LogP contribution in [-0.2, 0) is 6.42 Å². The van der Waals surface area contributed by atoms with Gasteiger partial charge in [-0.25, -0.2) is 19.6 Å². The zero-order valence-electron chi connectivity index (χ0n) is 17.4. The van der Waals surface area contributed by atoms with Crippen LogP contribution in [0.4, 0.5) is 20.5 Å². The van der Waals surface area contributed by atoms with Crippen LogP contribution in [0.15, 0.2) is 18.3 Å². The van der Waals surface area contributed by atoms with Crippen LogP contribution in [0.2, 0.25) is 0 Å². The number of carbonyl (C=O) groups excluding carboxylic acids is 3. The molecule has 1 aliphatic carbocycles. The Bertz CT molecular complexity index is 1020. The highest BCUT2D eigenvalue weighted by atomic mass is 32.1. The molecule has 1 unspecified atom stereocenters. The maximum Gasteiger partial charge on any atom is 0.412 e. The molecule has 11 heteroatoms. The molecule has 2 heterocycles. The largest absolute Gasteiger partial charge is 0.465 e. The van der Waals surface area contributed by atoms with Gasteiger partial charge in [0.15, 0.2) is 16.7 Å². The number of aromatic nitrogens is 2. The number of Topliss-reactive ketones (excluding diaryl/α,β-unsaturated/α-hetero) is 2. The third kappa shape index (κ3) is 4.71. The number of nitrogens with one attached hydrogen (secondary N) is 1. The van der Waals surface area contributed by atoms with Gasteiger partial charge in [-0.2, -0.15) is 0 Å². The van der Waals surface area contributed by atoms with Crippen LogP contribution in [-0.4, -0.2) is 64.3 Å². The van der Waals surface area contributed by atoms with E-state index in [2.05, 4.69) is 15.3 Å². The van der Waals surface area contributed by atoms with Gasteiger partial charge in [0, 0.05) is 32.4 Å². The number of ketones is 2. The summed E-state index contributed by atoms with van der Waals surface area (Å²) >= 11 is 1.07. The zero-order valence-corrected chi connectivity index (χ0v) is 18.2. The molecular weight excluding hydrogens is 422 g/mol. The molecule has 2 aromatic heterocycles. The minimum absolute atomic E-state index is 0.213. The van der Waals surface area contributed by atoms with Gasteiger partial charge in [-0.15, -0.1) is 0 Å². The van der Waals surface area contributed by atoms with E-state index in [-0.39, 0.29) is 35.5 Å². The number of rotatable bonds is 5. The predicted octanol–water partition coefficient (Wildman–Crippen LogP) is 3.15. The molecule has 0 saturated carbocycles. The predicted molar refractivity (Wildman–Crippen MR) is 115 cm³/mol. The molecule has 3 amide bonds. The van der Waals surface area contributed by atoms with E-state index < -0.39 is 12.0 Å². The first kappa shape index (κ1) is 22.3. The average Bonchev–Trinajstić information content (AvgIpc) is 3.06. The first-order valence-corrected chi connectivity index (χ1v) is 10.6.